The lowest BCUT2D eigenvalue weighted by molar-refractivity contribution is 0.630. The van der Waals surface area contributed by atoms with E-state index >= 15 is 0 Å². The summed E-state index contributed by atoms with van der Waals surface area (Å²) in [5, 5.41) is 1.68. The number of halogens is 1. The molecule has 2 aromatic heterocycles. The number of aromatic nitrogens is 1. The van der Waals surface area contributed by atoms with Crippen LogP contribution in [0.25, 0.3) is 22.3 Å². The number of anilines is 1. The number of pyridine rings is 1. The number of hydrogen-bond donors (Lipinski definition) is 1. The molecule has 0 fully saturated rings. The summed E-state index contributed by atoms with van der Waals surface area (Å²) in [4.78, 5) is 4.23. The monoisotopic (exact) mass is 258 g/mol. The van der Waals surface area contributed by atoms with Crippen molar-refractivity contribution in [2.75, 3.05) is 5.73 Å². The Morgan fingerprint density at radius 1 is 1.17 bits per heavy atom. The molecule has 1 aromatic carbocycles. The van der Waals surface area contributed by atoms with Crippen molar-refractivity contribution in [2.45, 2.75) is 6.92 Å². The van der Waals surface area contributed by atoms with Crippen molar-refractivity contribution in [3.63, 3.8) is 0 Å². The summed E-state index contributed by atoms with van der Waals surface area (Å²) >= 11 is 5.96. The Labute approximate surface area is 109 Å². The average molecular weight is 259 g/mol. The van der Waals surface area contributed by atoms with E-state index in [1.807, 2.05) is 37.3 Å². The number of fused-ring (bicyclic) bond motifs is 1. The normalized spacial score (nSPS) is 11.0. The zero-order valence-corrected chi connectivity index (χ0v) is 10.5. The zero-order valence-electron chi connectivity index (χ0n) is 9.77. The SMILES string of the molecule is Cc1nc(N)ccc1-c1cc2cc(Cl)ccc2o1. The van der Waals surface area contributed by atoms with Crippen LogP contribution in [0, 0.1) is 6.92 Å². The molecule has 0 saturated heterocycles. The Morgan fingerprint density at radius 2 is 2.00 bits per heavy atom. The molecule has 3 aromatic rings. The second kappa shape index (κ2) is 4.03. The molecule has 90 valence electrons. The van der Waals surface area contributed by atoms with E-state index in [0.29, 0.717) is 10.8 Å². The van der Waals surface area contributed by atoms with Crippen molar-refractivity contribution in [1.82, 2.24) is 4.98 Å². The maximum atomic E-state index is 5.96. The van der Waals surface area contributed by atoms with Crippen molar-refractivity contribution in [3.8, 4) is 11.3 Å². The number of nitrogens with two attached hydrogens (primary N) is 1. The molecule has 3 nitrogen and oxygen atoms in total. The van der Waals surface area contributed by atoms with Gasteiger partial charge in [0.2, 0.25) is 0 Å². The summed E-state index contributed by atoms with van der Waals surface area (Å²) in [6, 6.07) is 11.2. The van der Waals surface area contributed by atoms with Gasteiger partial charge in [-0.2, -0.15) is 0 Å². The molecular formula is C14H11ClN2O. The van der Waals surface area contributed by atoms with Crippen LogP contribution in [0.2, 0.25) is 5.02 Å². The van der Waals surface area contributed by atoms with E-state index in [0.717, 1.165) is 28.0 Å². The number of furan rings is 1. The molecule has 0 radical (unpaired) electrons. The van der Waals surface area contributed by atoms with E-state index in [1.165, 1.54) is 0 Å². The predicted octanol–water partition coefficient (Wildman–Crippen LogP) is 4.04. The number of nitrogens with zero attached hydrogens (tertiary/aromatic N) is 1. The first kappa shape index (κ1) is 11.1. The highest BCUT2D eigenvalue weighted by Gasteiger charge is 2.09. The molecule has 0 spiro atoms. The van der Waals surface area contributed by atoms with Gasteiger partial charge in [-0.15, -0.1) is 0 Å². The maximum absolute atomic E-state index is 5.96. The van der Waals surface area contributed by atoms with Crippen LogP contribution in [0.1, 0.15) is 5.69 Å². The standard InChI is InChI=1S/C14H11ClN2O/c1-8-11(3-5-14(16)17-8)13-7-9-6-10(15)2-4-12(9)18-13/h2-7H,1H3,(H2,16,17). The van der Waals surface area contributed by atoms with E-state index in [-0.39, 0.29) is 0 Å². The maximum Gasteiger partial charge on any atom is 0.137 e. The molecule has 0 bridgehead atoms. The zero-order chi connectivity index (χ0) is 12.7. The topological polar surface area (TPSA) is 52.0 Å². The first-order chi connectivity index (χ1) is 8.63. The van der Waals surface area contributed by atoms with Gasteiger partial charge in [0, 0.05) is 16.0 Å². The largest absolute Gasteiger partial charge is 0.456 e. The van der Waals surface area contributed by atoms with Gasteiger partial charge < -0.3 is 10.2 Å². The van der Waals surface area contributed by atoms with E-state index in [2.05, 4.69) is 4.98 Å². The molecule has 0 saturated carbocycles. The van der Waals surface area contributed by atoms with Crippen LogP contribution in [0.15, 0.2) is 40.8 Å². The third-order valence-corrected chi connectivity index (χ3v) is 3.09. The molecule has 18 heavy (non-hydrogen) atoms. The third kappa shape index (κ3) is 1.83. The van der Waals surface area contributed by atoms with Crippen molar-refractivity contribution in [1.29, 1.82) is 0 Å². The minimum absolute atomic E-state index is 0.510. The highest BCUT2D eigenvalue weighted by molar-refractivity contribution is 6.31. The Hall–Kier alpha value is -2.00. The molecule has 3 rings (SSSR count). The Morgan fingerprint density at radius 3 is 2.78 bits per heavy atom. The second-order valence-electron chi connectivity index (χ2n) is 4.16. The summed E-state index contributed by atoms with van der Waals surface area (Å²) in [5.41, 5.74) is 8.24. The van der Waals surface area contributed by atoms with Crippen LogP contribution in [0.3, 0.4) is 0 Å². The molecular weight excluding hydrogens is 248 g/mol. The summed E-state index contributed by atoms with van der Waals surface area (Å²) < 4.78 is 5.79. The number of aryl methyl sites for hydroxylation is 1. The highest BCUT2D eigenvalue weighted by atomic mass is 35.5. The highest BCUT2D eigenvalue weighted by Crippen LogP contribution is 2.31. The van der Waals surface area contributed by atoms with Crippen LogP contribution in [-0.4, -0.2) is 4.98 Å². The van der Waals surface area contributed by atoms with Gasteiger partial charge in [-0.3, -0.25) is 0 Å². The van der Waals surface area contributed by atoms with E-state index in [4.69, 9.17) is 21.8 Å². The van der Waals surface area contributed by atoms with Gasteiger partial charge in [0.05, 0.1) is 5.69 Å². The Bertz CT molecular complexity index is 734. The van der Waals surface area contributed by atoms with Crippen LogP contribution < -0.4 is 5.73 Å². The molecule has 2 heterocycles. The third-order valence-electron chi connectivity index (χ3n) is 2.85. The fourth-order valence-corrected chi connectivity index (χ4v) is 2.17. The number of rotatable bonds is 1. The van der Waals surface area contributed by atoms with E-state index in [1.54, 1.807) is 6.07 Å². The Balaban J connectivity index is 2.19. The van der Waals surface area contributed by atoms with Gasteiger partial charge in [0.15, 0.2) is 0 Å². The minimum Gasteiger partial charge on any atom is -0.456 e. The first-order valence-electron chi connectivity index (χ1n) is 5.56. The van der Waals surface area contributed by atoms with Crippen molar-refractivity contribution in [2.24, 2.45) is 0 Å². The molecule has 0 aliphatic heterocycles. The van der Waals surface area contributed by atoms with Crippen molar-refractivity contribution >= 4 is 28.4 Å². The smallest absolute Gasteiger partial charge is 0.137 e. The first-order valence-corrected chi connectivity index (χ1v) is 5.94. The van der Waals surface area contributed by atoms with Gasteiger partial charge >= 0.3 is 0 Å². The lowest BCUT2D eigenvalue weighted by Crippen LogP contribution is -1.93. The predicted molar refractivity (Wildman–Crippen MR) is 73.6 cm³/mol. The molecule has 0 aliphatic rings. The van der Waals surface area contributed by atoms with Crippen LogP contribution >= 0.6 is 11.6 Å². The Kier molecular flexibility index (Phi) is 2.49. The van der Waals surface area contributed by atoms with Crippen LogP contribution in [0.5, 0.6) is 0 Å². The molecule has 4 heteroatoms. The molecule has 0 unspecified atom stereocenters. The quantitative estimate of drug-likeness (QED) is 0.717. The molecule has 0 aliphatic carbocycles. The summed E-state index contributed by atoms with van der Waals surface area (Å²) in [6.45, 7) is 1.91. The summed E-state index contributed by atoms with van der Waals surface area (Å²) in [7, 11) is 0. The second-order valence-corrected chi connectivity index (χ2v) is 4.60. The fraction of sp³-hybridized carbons (Fsp3) is 0.0714. The lowest BCUT2D eigenvalue weighted by atomic mass is 10.1. The number of benzene rings is 1. The molecule has 0 amide bonds. The van der Waals surface area contributed by atoms with Gasteiger partial charge in [0.1, 0.15) is 17.2 Å². The molecule has 0 atom stereocenters. The van der Waals surface area contributed by atoms with Gasteiger partial charge in [-0.1, -0.05) is 11.6 Å². The summed E-state index contributed by atoms with van der Waals surface area (Å²) in [6.07, 6.45) is 0. The fourth-order valence-electron chi connectivity index (χ4n) is 1.99. The van der Waals surface area contributed by atoms with Crippen LogP contribution in [0.4, 0.5) is 5.82 Å². The average Bonchev–Trinajstić information content (AvgIpc) is 2.71. The van der Waals surface area contributed by atoms with Gasteiger partial charge in [0.25, 0.3) is 0 Å². The lowest BCUT2D eigenvalue weighted by Gasteiger charge is -2.01. The van der Waals surface area contributed by atoms with Crippen molar-refractivity contribution in [3.05, 3.63) is 47.1 Å². The van der Waals surface area contributed by atoms with Crippen molar-refractivity contribution < 1.29 is 4.42 Å². The van der Waals surface area contributed by atoms with Crippen LogP contribution in [-0.2, 0) is 0 Å². The number of nitrogen functional groups attached to an aromatic ring is 1. The minimum atomic E-state index is 0.510. The van der Waals surface area contributed by atoms with Gasteiger partial charge in [-0.05, 0) is 43.3 Å². The van der Waals surface area contributed by atoms with Gasteiger partial charge in [-0.25, -0.2) is 4.98 Å². The van der Waals surface area contributed by atoms with E-state index < -0.39 is 0 Å². The summed E-state index contributed by atoms with van der Waals surface area (Å²) in [5.74, 6) is 1.28. The number of hydrogen-bond acceptors (Lipinski definition) is 3. The molecule has 2 N–H and O–H groups in total. The van der Waals surface area contributed by atoms with E-state index in [9.17, 15) is 0 Å².